The van der Waals surface area contributed by atoms with Crippen LogP contribution in [0.2, 0.25) is 0 Å². The third kappa shape index (κ3) is 3.92. The molecule has 0 saturated carbocycles. The number of amides is 1. The monoisotopic (exact) mass is 389 g/mol. The number of aromatic amines is 1. The van der Waals surface area contributed by atoms with E-state index in [4.69, 9.17) is 10.3 Å². The van der Waals surface area contributed by atoms with Crippen LogP contribution in [0.25, 0.3) is 16.6 Å². The maximum Gasteiger partial charge on any atom is 0.258 e. The van der Waals surface area contributed by atoms with Gasteiger partial charge in [0.15, 0.2) is 0 Å². The quantitative estimate of drug-likeness (QED) is 0.581. The maximum atomic E-state index is 12.4. The van der Waals surface area contributed by atoms with Gasteiger partial charge in [-0.25, -0.2) is 5.53 Å². The van der Waals surface area contributed by atoms with Gasteiger partial charge >= 0.3 is 0 Å². The summed E-state index contributed by atoms with van der Waals surface area (Å²) in [6.45, 7) is 1.14. The van der Waals surface area contributed by atoms with Crippen LogP contribution >= 0.6 is 0 Å². The molecule has 0 radical (unpaired) electrons. The fourth-order valence-corrected chi connectivity index (χ4v) is 3.19. The van der Waals surface area contributed by atoms with Crippen molar-refractivity contribution in [1.29, 1.82) is 5.53 Å². The van der Waals surface area contributed by atoms with Crippen LogP contribution in [-0.2, 0) is 9.53 Å². The Kier molecular flexibility index (Phi) is 5.17. The van der Waals surface area contributed by atoms with Gasteiger partial charge in [-0.05, 0) is 41.8 Å². The molecule has 0 atom stereocenters. The first-order chi connectivity index (χ1) is 14.2. The van der Waals surface area contributed by atoms with Crippen molar-refractivity contribution in [3.8, 4) is 0 Å². The number of hydrogen-bond acceptors (Lipinski definition) is 6. The minimum atomic E-state index is -0.311. The topological polar surface area (TPSA) is 111 Å². The number of H-pyrrole nitrogens is 1. The highest BCUT2D eigenvalue weighted by molar-refractivity contribution is 5.95. The van der Waals surface area contributed by atoms with Gasteiger partial charge in [0.25, 0.3) is 11.5 Å². The van der Waals surface area contributed by atoms with Crippen LogP contribution in [0.3, 0.4) is 0 Å². The number of nitrogens with zero attached hydrogens (tertiary/aromatic N) is 2. The summed E-state index contributed by atoms with van der Waals surface area (Å²) >= 11 is 0. The molecule has 3 N–H and O–H groups in total. The minimum Gasteiger partial charge on any atom is -0.370 e. The Labute approximate surface area is 166 Å². The predicted octanol–water partition coefficient (Wildman–Crippen LogP) is 3.33. The summed E-state index contributed by atoms with van der Waals surface area (Å²) in [6, 6.07) is 16.5. The van der Waals surface area contributed by atoms with Crippen LogP contribution in [0.15, 0.2) is 70.7 Å². The smallest absolute Gasteiger partial charge is 0.258 e. The molecule has 8 nitrogen and oxygen atoms in total. The van der Waals surface area contributed by atoms with Crippen molar-refractivity contribution in [1.82, 2.24) is 4.98 Å². The molecule has 1 aromatic heterocycles. The third-order valence-electron chi connectivity index (χ3n) is 4.69. The average molecular weight is 389 g/mol. The number of carbonyl (C=O) groups excluding carboxylic acids is 1. The minimum absolute atomic E-state index is 0.0670. The van der Waals surface area contributed by atoms with E-state index in [-0.39, 0.29) is 23.8 Å². The average Bonchev–Trinajstić information content (AvgIpc) is 2.75. The number of morpholine rings is 1. The molecule has 0 spiro atoms. The van der Waals surface area contributed by atoms with E-state index in [2.05, 4.69) is 15.4 Å². The second kappa shape index (κ2) is 8.07. The molecular formula is C21H19N5O3. The Bertz CT molecular complexity index is 1150. The zero-order valence-electron chi connectivity index (χ0n) is 15.5. The number of rotatable bonds is 5. The molecule has 29 heavy (non-hydrogen) atoms. The van der Waals surface area contributed by atoms with Crippen LogP contribution < -0.4 is 15.8 Å². The lowest BCUT2D eigenvalue weighted by Gasteiger charge is -2.26. The maximum absolute atomic E-state index is 12.4. The van der Waals surface area contributed by atoms with E-state index in [0.717, 1.165) is 22.3 Å². The first-order valence-corrected chi connectivity index (χ1v) is 9.10. The van der Waals surface area contributed by atoms with Gasteiger partial charge in [-0.3, -0.25) is 9.59 Å². The number of pyridine rings is 1. The van der Waals surface area contributed by atoms with Crippen LogP contribution in [0.5, 0.6) is 0 Å². The highest BCUT2D eigenvalue weighted by Gasteiger charge is 2.19. The number of aromatic nitrogens is 1. The molecule has 0 bridgehead atoms. The highest BCUT2D eigenvalue weighted by Crippen LogP contribution is 2.21. The Balaban J connectivity index is 1.56. The van der Waals surface area contributed by atoms with Gasteiger partial charge in [0.1, 0.15) is 12.3 Å². The van der Waals surface area contributed by atoms with E-state index in [1.807, 2.05) is 48.5 Å². The number of fused-ring (bicyclic) bond motifs is 1. The number of nitrogens with one attached hydrogen (secondary N) is 3. The number of anilines is 2. The Morgan fingerprint density at radius 2 is 1.97 bits per heavy atom. The van der Waals surface area contributed by atoms with Crippen molar-refractivity contribution in [2.24, 2.45) is 5.11 Å². The van der Waals surface area contributed by atoms with Gasteiger partial charge in [0.2, 0.25) is 0 Å². The van der Waals surface area contributed by atoms with Crippen molar-refractivity contribution in [3.05, 3.63) is 76.7 Å². The molecule has 3 aromatic rings. The summed E-state index contributed by atoms with van der Waals surface area (Å²) in [5, 5.41) is 7.42. The summed E-state index contributed by atoms with van der Waals surface area (Å²) < 4.78 is 5.15. The Morgan fingerprint density at radius 3 is 2.72 bits per heavy atom. The molecular weight excluding hydrogens is 370 g/mol. The molecule has 1 saturated heterocycles. The predicted molar refractivity (Wildman–Crippen MR) is 111 cm³/mol. The number of hydrogen-bond donors (Lipinski definition) is 3. The Hall–Kier alpha value is -3.78. The van der Waals surface area contributed by atoms with Crippen molar-refractivity contribution < 1.29 is 9.53 Å². The highest BCUT2D eigenvalue weighted by atomic mass is 16.5. The molecule has 0 unspecified atom stereocenters. The van der Waals surface area contributed by atoms with Crippen molar-refractivity contribution in [2.75, 3.05) is 30.0 Å². The summed E-state index contributed by atoms with van der Waals surface area (Å²) in [7, 11) is 0. The van der Waals surface area contributed by atoms with Crippen molar-refractivity contribution >= 4 is 33.9 Å². The normalized spacial score (nSPS) is 14.8. The SMILES string of the molecule is N=N/C(=C\Nc1ccc(N2CCOCC2=O)cc1)c1cc2ccccc2[nH]c1=O. The number of para-hydroxylation sites is 1. The molecule has 4 rings (SSSR count). The second-order valence-electron chi connectivity index (χ2n) is 6.53. The van der Waals surface area contributed by atoms with Crippen LogP contribution in [0.4, 0.5) is 11.4 Å². The van der Waals surface area contributed by atoms with Gasteiger partial charge in [-0.1, -0.05) is 18.2 Å². The van der Waals surface area contributed by atoms with Crippen LogP contribution in [0.1, 0.15) is 5.56 Å². The molecule has 1 fully saturated rings. The molecule has 146 valence electrons. The molecule has 2 heterocycles. The molecule has 1 aliphatic heterocycles. The van der Waals surface area contributed by atoms with Crippen molar-refractivity contribution in [2.45, 2.75) is 0 Å². The van der Waals surface area contributed by atoms with E-state index < -0.39 is 0 Å². The fraction of sp³-hybridized carbons (Fsp3) is 0.143. The van der Waals surface area contributed by atoms with E-state index in [0.29, 0.717) is 18.7 Å². The molecule has 2 aromatic carbocycles. The van der Waals surface area contributed by atoms with Gasteiger partial charge in [-0.2, -0.15) is 5.11 Å². The number of ether oxygens (including phenoxy) is 1. The lowest BCUT2D eigenvalue weighted by Crippen LogP contribution is -2.41. The van der Waals surface area contributed by atoms with Gasteiger partial charge in [-0.15, -0.1) is 0 Å². The van der Waals surface area contributed by atoms with E-state index >= 15 is 0 Å². The van der Waals surface area contributed by atoms with E-state index in [1.165, 1.54) is 6.20 Å². The summed E-state index contributed by atoms with van der Waals surface area (Å²) in [5.41, 5.74) is 9.94. The van der Waals surface area contributed by atoms with E-state index in [9.17, 15) is 9.59 Å². The lowest BCUT2D eigenvalue weighted by atomic mass is 10.1. The molecule has 1 aliphatic rings. The third-order valence-corrected chi connectivity index (χ3v) is 4.69. The standard InChI is InChI=1S/C21H19N5O3/c22-25-19(17-11-14-3-1-2-4-18(14)24-21(17)28)12-23-15-5-7-16(8-6-15)26-9-10-29-13-20(26)27/h1-8,11-12,22-23H,9-10,13H2,(H,24,28)/b19-12-,25-22?. The summed E-state index contributed by atoms with van der Waals surface area (Å²) in [5.74, 6) is -0.0670. The largest absolute Gasteiger partial charge is 0.370 e. The number of carbonyl (C=O) groups is 1. The summed E-state index contributed by atoms with van der Waals surface area (Å²) in [6.07, 6.45) is 1.52. The fourth-order valence-electron chi connectivity index (χ4n) is 3.19. The lowest BCUT2D eigenvalue weighted by molar-refractivity contribution is -0.125. The van der Waals surface area contributed by atoms with Gasteiger partial charge < -0.3 is 19.9 Å². The molecule has 8 heteroatoms. The first-order valence-electron chi connectivity index (χ1n) is 9.10. The van der Waals surface area contributed by atoms with Gasteiger partial charge in [0, 0.05) is 29.6 Å². The summed E-state index contributed by atoms with van der Waals surface area (Å²) in [4.78, 5) is 28.8. The van der Waals surface area contributed by atoms with Crippen molar-refractivity contribution in [3.63, 3.8) is 0 Å². The first kappa shape index (κ1) is 18.6. The number of benzene rings is 2. The molecule has 0 aliphatic carbocycles. The van der Waals surface area contributed by atoms with Crippen LogP contribution in [-0.4, -0.2) is 30.6 Å². The zero-order chi connectivity index (χ0) is 20.2. The molecule has 1 amide bonds. The second-order valence-corrected chi connectivity index (χ2v) is 6.53. The van der Waals surface area contributed by atoms with Gasteiger partial charge in [0.05, 0.1) is 12.2 Å². The Morgan fingerprint density at radius 1 is 1.17 bits per heavy atom. The zero-order valence-corrected chi connectivity index (χ0v) is 15.5. The van der Waals surface area contributed by atoms with E-state index in [1.54, 1.807) is 11.0 Å². The van der Waals surface area contributed by atoms with Crippen LogP contribution in [0, 0.1) is 5.53 Å².